The highest BCUT2D eigenvalue weighted by Crippen LogP contribution is 2.06. The van der Waals surface area contributed by atoms with Crippen molar-refractivity contribution in [2.45, 2.75) is 31.7 Å². The lowest BCUT2D eigenvalue weighted by molar-refractivity contribution is 1.02. The Labute approximate surface area is 97.2 Å². The predicted octanol–water partition coefficient (Wildman–Crippen LogP) is 0.583. The fraction of sp³-hybridized carbons (Fsp3) is 0.556. The average Bonchev–Trinajstić information content (AvgIpc) is 2.14. The summed E-state index contributed by atoms with van der Waals surface area (Å²) in [5, 5.41) is 0. The molecule has 0 aromatic carbocycles. The van der Waals surface area contributed by atoms with Crippen molar-refractivity contribution in [1.82, 2.24) is 3.90 Å². The summed E-state index contributed by atoms with van der Waals surface area (Å²) >= 11 is 0. The Bertz CT molecular complexity index is 158. The van der Waals surface area contributed by atoms with Crippen LogP contribution in [0.25, 0.3) is 0 Å². The molecule has 0 heterocycles. The monoisotopic (exact) mass is 259 g/mol. The second kappa shape index (κ2) is 8.60. The number of hydrogen-bond acceptors (Lipinski definition) is 1. The van der Waals surface area contributed by atoms with Crippen LogP contribution in [-0.2, 0) is 0 Å². The maximum absolute atomic E-state index is 3.88. The largest absolute Gasteiger partial charge is 0.380 e. The van der Waals surface area contributed by atoms with Crippen molar-refractivity contribution in [2.24, 2.45) is 0 Å². The van der Waals surface area contributed by atoms with Crippen molar-refractivity contribution in [3.63, 3.8) is 0 Å². The molecular formula is C9H25NSi4. The highest BCUT2D eigenvalue weighted by molar-refractivity contribution is 7.05. The zero-order valence-electron chi connectivity index (χ0n) is 10.00. The van der Waals surface area contributed by atoms with E-state index in [0.717, 1.165) is 0 Å². The normalized spacial score (nSPS) is 16.9. The lowest BCUT2D eigenvalue weighted by Crippen LogP contribution is -2.49. The minimum Gasteiger partial charge on any atom is -0.380 e. The lowest BCUT2D eigenvalue weighted by Gasteiger charge is -2.32. The van der Waals surface area contributed by atoms with Crippen LogP contribution in [0.2, 0.25) is 31.7 Å². The van der Waals surface area contributed by atoms with Gasteiger partial charge in [-0.25, -0.2) is 0 Å². The smallest absolute Gasteiger partial charge is 0.0978 e. The minimum absolute atomic E-state index is 0.200. The second-order valence-electron chi connectivity index (χ2n) is 3.98. The van der Waals surface area contributed by atoms with Crippen LogP contribution in [0.3, 0.4) is 0 Å². The van der Waals surface area contributed by atoms with E-state index in [2.05, 4.69) is 48.8 Å². The second-order valence-corrected chi connectivity index (χ2v) is 18.2. The fourth-order valence-electron chi connectivity index (χ4n) is 1.89. The molecule has 0 saturated heterocycles. The Hall–Kier alpha value is 0.308. The van der Waals surface area contributed by atoms with E-state index in [9.17, 15) is 0 Å². The summed E-state index contributed by atoms with van der Waals surface area (Å²) < 4.78 is 3.02. The average molecular weight is 260 g/mol. The van der Waals surface area contributed by atoms with Gasteiger partial charge in [-0.05, 0) is 12.1 Å². The molecule has 14 heavy (non-hydrogen) atoms. The summed E-state index contributed by atoms with van der Waals surface area (Å²) in [6.45, 7) is 15.2. The van der Waals surface area contributed by atoms with Crippen LogP contribution in [0.15, 0.2) is 25.3 Å². The van der Waals surface area contributed by atoms with Crippen molar-refractivity contribution in [3.8, 4) is 0 Å². The first kappa shape index (κ1) is 14.3. The number of hydrogen-bond donors (Lipinski definition) is 0. The number of rotatable bonds is 8. The SMILES string of the molecule is C=CC[SiH](C)N([SiH2][SiH2]C)[SiH](C)CC=C. The van der Waals surface area contributed by atoms with Gasteiger partial charge in [-0.3, -0.25) is 0 Å². The standard InChI is InChI=1S/C9H25NSi4/c1-6-8-13(4)10(12-11-3)14(5)9-7-2/h6-7,13-14H,1-2,8-9,11-12H2,3-5H3. The van der Waals surface area contributed by atoms with E-state index in [0.29, 0.717) is 9.04 Å². The van der Waals surface area contributed by atoms with Crippen LogP contribution in [-0.4, -0.2) is 40.0 Å². The Morgan fingerprint density at radius 1 is 1.14 bits per heavy atom. The Morgan fingerprint density at radius 3 is 1.86 bits per heavy atom. The van der Waals surface area contributed by atoms with Gasteiger partial charge < -0.3 is 3.90 Å². The molecule has 0 aliphatic heterocycles. The van der Waals surface area contributed by atoms with Crippen molar-refractivity contribution in [3.05, 3.63) is 25.3 Å². The molecule has 2 unspecified atom stereocenters. The van der Waals surface area contributed by atoms with Crippen LogP contribution in [0, 0.1) is 0 Å². The molecule has 5 heteroatoms. The van der Waals surface area contributed by atoms with E-state index < -0.39 is 17.9 Å². The van der Waals surface area contributed by atoms with Gasteiger partial charge in [0.05, 0.1) is 27.1 Å². The van der Waals surface area contributed by atoms with E-state index in [1.54, 1.807) is 0 Å². The van der Waals surface area contributed by atoms with Crippen LogP contribution in [0.1, 0.15) is 0 Å². The topological polar surface area (TPSA) is 3.24 Å². The third-order valence-corrected chi connectivity index (χ3v) is 22.2. The summed E-state index contributed by atoms with van der Waals surface area (Å²) in [6, 6.07) is 2.60. The van der Waals surface area contributed by atoms with E-state index in [1.165, 1.54) is 12.1 Å². The van der Waals surface area contributed by atoms with Gasteiger partial charge in [-0.2, -0.15) is 0 Å². The lowest BCUT2D eigenvalue weighted by atomic mass is 10.8. The van der Waals surface area contributed by atoms with Crippen LogP contribution in [0.4, 0.5) is 0 Å². The molecule has 1 nitrogen and oxygen atoms in total. The molecule has 0 aromatic heterocycles. The summed E-state index contributed by atoms with van der Waals surface area (Å²) in [4.78, 5) is 0. The maximum Gasteiger partial charge on any atom is 0.0978 e. The van der Waals surface area contributed by atoms with Gasteiger partial charge in [0.25, 0.3) is 0 Å². The fourth-order valence-corrected chi connectivity index (χ4v) is 26.7. The third-order valence-electron chi connectivity index (χ3n) is 2.63. The Morgan fingerprint density at radius 2 is 1.57 bits per heavy atom. The Balaban J connectivity index is 4.23. The first-order chi connectivity index (χ1) is 6.67. The zero-order valence-corrected chi connectivity index (χ0v) is 15.1. The van der Waals surface area contributed by atoms with Crippen molar-refractivity contribution >= 4 is 36.2 Å². The van der Waals surface area contributed by atoms with Gasteiger partial charge in [-0.1, -0.05) is 31.8 Å². The molecule has 0 amide bonds. The van der Waals surface area contributed by atoms with Gasteiger partial charge in [0.2, 0.25) is 0 Å². The van der Waals surface area contributed by atoms with Crippen LogP contribution in [0.5, 0.6) is 0 Å². The van der Waals surface area contributed by atoms with E-state index in [-0.39, 0.29) is 9.20 Å². The summed E-state index contributed by atoms with van der Waals surface area (Å²) in [7, 11) is -0.684. The van der Waals surface area contributed by atoms with Crippen molar-refractivity contribution < 1.29 is 0 Å². The van der Waals surface area contributed by atoms with Gasteiger partial charge in [0.15, 0.2) is 0 Å². The van der Waals surface area contributed by atoms with Crippen LogP contribution < -0.4 is 0 Å². The summed E-state index contributed by atoms with van der Waals surface area (Å²) in [5.41, 5.74) is 0. The van der Waals surface area contributed by atoms with Crippen molar-refractivity contribution in [2.75, 3.05) is 0 Å². The third kappa shape index (κ3) is 5.25. The van der Waals surface area contributed by atoms with Crippen LogP contribution >= 0.6 is 0 Å². The first-order valence-corrected chi connectivity index (χ1v) is 16.7. The van der Waals surface area contributed by atoms with Gasteiger partial charge >= 0.3 is 0 Å². The predicted molar refractivity (Wildman–Crippen MR) is 80.8 cm³/mol. The molecule has 0 radical (unpaired) electrons. The zero-order chi connectivity index (χ0) is 11.0. The molecule has 0 aliphatic carbocycles. The molecule has 0 fully saturated rings. The molecule has 0 aromatic rings. The first-order valence-electron chi connectivity index (χ1n) is 5.64. The van der Waals surface area contributed by atoms with E-state index >= 15 is 0 Å². The summed E-state index contributed by atoms with van der Waals surface area (Å²) in [5.74, 6) is 0. The van der Waals surface area contributed by atoms with Gasteiger partial charge in [0.1, 0.15) is 0 Å². The van der Waals surface area contributed by atoms with Crippen molar-refractivity contribution in [1.29, 1.82) is 0 Å². The summed E-state index contributed by atoms with van der Waals surface area (Å²) in [6.07, 6.45) is 4.26. The highest BCUT2D eigenvalue weighted by atomic mass is 29.2. The Kier molecular flexibility index (Phi) is 8.79. The molecule has 0 rings (SSSR count). The van der Waals surface area contributed by atoms with E-state index in [4.69, 9.17) is 0 Å². The minimum atomic E-state index is -0.599. The number of nitrogens with zero attached hydrogens (tertiary/aromatic N) is 1. The molecule has 2 atom stereocenters. The molecular weight excluding hydrogens is 234 g/mol. The molecule has 0 saturated carbocycles. The quantitative estimate of drug-likeness (QED) is 0.455. The molecule has 0 N–H and O–H groups in total. The maximum atomic E-state index is 3.88. The molecule has 0 bridgehead atoms. The molecule has 82 valence electrons. The van der Waals surface area contributed by atoms with Gasteiger partial charge in [-0.15, -0.1) is 13.2 Å². The number of allylic oxidation sites excluding steroid dienone is 2. The van der Waals surface area contributed by atoms with E-state index in [1.807, 2.05) is 0 Å². The van der Waals surface area contributed by atoms with Gasteiger partial charge in [0, 0.05) is 9.04 Å². The molecule has 0 spiro atoms. The molecule has 0 aliphatic rings. The highest BCUT2D eigenvalue weighted by Gasteiger charge is 2.18.